The van der Waals surface area contributed by atoms with Crippen LogP contribution in [0.2, 0.25) is 0 Å². The van der Waals surface area contributed by atoms with Crippen molar-refractivity contribution >= 4 is 11.6 Å². The standard InChI is InChI=1S/C23H28F3N3O3/c1-15-12-19(22(31-15)23(24,25)26)28-20(30)6-4-16-5-7-21(27-13-16)32-18-8-10-29(11-9-18)14-17-2-3-17/h5,7,12-13,17-18H,2-4,6,8-11,14H2,1H3,(H,28,30). The minimum Gasteiger partial charge on any atom is -0.474 e. The van der Waals surface area contributed by atoms with Gasteiger partial charge in [0.2, 0.25) is 17.5 Å². The molecule has 0 radical (unpaired) electrons. The Labute approximate surface area is 185 Å². The zero-order chi connectivity index (χ0) is 22.7. The number of aromatic nitrogens is 1. The number of piperidine rings is 1. The third-order valence-electron chi connectivity index (χ3n) is 5.86. The van der Waals surface area contributed by atoms with Crippen LogP contribution in [-0.2, 0) is 17.4 Å². The first-order valence-electron chi connectivity index (χ1n) is 11.1. The average molecular weight is 451 g/mol. The predicted octanol–water partition coefficient (Wildman–Crippen LogP) is 4.83. The molecule has 0 aromatic carbocycles. The van der Waals surface area contributed by atoms with Gasteiger partial charge >= 0.3 is 6.18 Å². The van der Waals surface area contributed by atoms with Crippen LogP contribution in [0.25, 0.3) is 0 Å². The van der Waals surface area contributed by atoms with E-state index in [1.807, 2.05) is 6.07 Å². The van der Waals surface area contributed by atoms with Gasteiger partial charge in [0.1, 0.15) is 11.9 Å². The number of rotatable bonds is 8. The molecule has 1 saturated carbocycles. The third kappa shape index (κ3) is 6.25. The van der Waals surface area contributed by atoms with E-state index in [4.69, 9.17) is 4.74 Å². The molecule has 0 unspecified atom stereocenters. The Balaban J connectivity index is 1.21. The fourth-order valence-electron chi connectivity index (χ4n) is 3.96. The van der Waals surface area contributed by atoms with E-state index in [1.54, 1.807) is 12.3 Å². The number of amides is 1. The SMILES string of the molecule is Cc1cc(NC(=O)CCc2ccc(OC3CCN(CC4CC4)CC3)nc2)c(C(F)(F)F)o1. The first kappa shape index (κ1) is 22.6. The summed E-state index contributed by atoms with van der Waals surface area (Å²) in [4.78, 5) is 19.0. The molecule has 2 fully saturated rings. The fourth-order valence-corrected chi connectivity index (χ4v) is 3.96. The topological polar surface area (TPSA) is 67.6 Å². The Morgan fingerprint density at radius 2 is 2.00 bits per heavy atom. The van der Waals surface area contributed by atoms with E-state index < -0.39 is 17.8 Å². The fraction of sp³-hybridized carbons (Fsp3) is 0.565. The lowest BCUT2D eigenvalue weighted by atomic mass is 10.1. The lowest BCUT2D eigenvalue weighted by Gasteiger charge is -2.31. The van der Waals surface area contributed by atoms with Gasteiger partial charge in [-0.05, 0) is 50.5 Å². The van der Waals surface area contributed by atoms with Crippen LogP contribution in [-0.4, -0.2) is 41.5 Å². The summed E-state index contributed by atoms with van der Waals surface area (Å²) in [5.41, 5.74) is 0.455. The van der Waals surface area contributed by atoms with Gasteiger partial charge in [-0.25, -0.2) is 4.98 Å². The molecule has 2 aliphatic rings. The van der Waals surface area contributed by atoms with Gasteiger partial charge in [0.05, 0.1) is 5.69 Å². The van der Waals surface area contributed by atoms with E-state index in [-0.39, 0.29) is 24.0 Å². The zero-order valence-corrected chi connectivity index (χ0v) is 18.1. The van der Waals surface area contributed by atoms with Crippen LogP contribution in [0, 0.1) is 12.8 Å². The van der Waals surface area contributed by atoms with Crippen LogP contribution in [0.15, 0.2) is 28.8 Å². The lowest BCUT2D eigenvalue weighted by molar-refractivity contribution is -0.152. The number of alkyl halides is 3. The third-order valence-corrected chi connectivity index (χ3v) is 5.86. The van der Waals surface area contributed by atoms with E-state index in [0.29, 0.717) is 12.3 Å². The summed E-state index contributed by atoms with van der Waals surface area (Å²) < 4.78 is 49.6. The summed E-state index contributed by atoms with van der Waals surface area (Å²) in [5, 5.41) is 2.29. The molecular formula is C23H28F3N3O3. The molecule has 174 valence electrons. The number of carbonyl (C=O) groups is 1. The first-order valence-corrected chi connectivity index (χ1v) is 11.1. The largest absolute Gasteiger partial charge is 0.474 e. The van der Waals surface area contributed by atoms with Crippen molar-refractivity contribution in [3.8, 4) is 5.88 Å². The van der Waals surface area contributed by atoms with Crippen LogP contribution in [0.4, 0.5) is 18.9 Å². The molecular weight excluding hydrogens is 423 g/mol. The molecule has 1 N–H and O–H groups in total. The van der Waals surface area contributed by atoms with Crippen LogP contribution in [0.3, 0.4) is 0 Å². The summed E-state index contributed by atoms with van der Waals surface area (Å²) in [7, 11) is 0. The summed E-state index contributed by atoms with van der Waals surface area (Å²) in [6.07, 6.45) is 2.25. The minimum absolute atomic E-state index is 0.0306. The highest BCUT2D eigenvalue weighted by molar-refractivity contribution is 5.91. The molecule has 9 heteroatoms. The summed E-state index contributed by atoms with van der Waals surface area (Å²) in [6.45, 7) is 4.73. The molecule has 2 aromatic rings. The van der Waals surface area contributed by atoms with E-state index in [9.17, 15) is 18.0 Å². The van der Waals surface area contributed by atoms with Gasteiger partial charge < -0.3 is 19.4 Å². The van der Waals surface area contributed by atoms with E-state index >= 15 is 0 Å². The quantitative estimate of drug-likeness (QED) is 0.623. The molecule has 1 aliphatic heterocycles. The average Bonchev–Trinajstić information content (AvgIpc) is 3.48. The number of carbonyl (C=O) groups excluding carboxylic acids is 1. The van der Waals surface area contributed by atoms with Gasteiger partial charge in [0, 0.05) is 44.4 Å². The predicted molar refractivity (Wildman–Crippen MR) is 112 cm³/mol. The maximum absolute atomic E-state index is 13.0. The summed E-state index contributed by atoms with van der Waals surface area (Å²) in [6, 6.07) is 4.79. The molecule has 0 spiro atoms. The molecule has 0 bridgehead atoms. The number of aryl methyl sites for hydroxylation is 2. The van der Waals surface area contributed by atoms with Gasteiger partial charge in [0.15, 0.2) is 0 Å². The van der Waals surface area contributed by atoms with Gasteiger partial charge in [-0.3, -0.25) is 4.79 Å². The Hall–Kier alpha value is -2.55. The number of nitrogens with zero attached hydrogens (tertiary/aromatic N) is 2. The molecule has 4 rings (SSSR count). The highest BCUT2D eigenvalue weighted by Crippen LogP contribution is 2.37. The number of hydrogen-bond acceptors (Lipinski definition) is 5. The number of ether oxygens (including phenoxy) is 1. The van der Waals surface area contributed by atoms with Crippen molar-refractivity contribution in [2.45, 2.75) is 57.7 Å². The van der Waals surface area contributed by atoms with Crippen molar-refractivity contribution < 1.29 is 27.1 Å². The van der Waals surface area contributed by atoms with Crippen molar-refractivity contribution in [3.63, 3.8) is 0 Å². The smallest absolute Gasteiger partial charge is 0.451 e. The van der Waals surface area contributed by atoms with Crippen LogP contribution >= 0.6 is 0 Å². The number of pyridine rings is 1. The van der Waals surface area contributed by atoms with Crippen molar-refractivity contribution in [1.29, 1.82) is 0 Å². The molecule has 32 heavy (non-hydrogen) atoms. The number of furan rings is 1. The second-order valence-electron chi connectivity index (χ2n) is 8.71. The summed E-state index contributed by atoms with van der Waals surface area (Å²) >= 11 is 0. The molecule has 3 heterocycles. The number of nitrogens with one attached hydrogen (secondary N) is 1. The number of anilines is 1. The van der Waals surface area contributed by atoms with Crippen molar-refractivity contribution in [3.05, 3.63) is 41.5 Å². The molecule has 1 amide bonds. The second kappa shape index (κ2) is 9.52. The van der Waals surface area contributed by atoms with E-state index in [0.717, 1.165) is 37.4 Å². The molecule has 2 aromatic heterocycles. The van der Waals surface area contributed by atoms with Crippen LogP contribution < -0.4 is 10.1 Å². The van der Waals surface area contributed by atoms with Gasteiger partial charge in [-0.1, -0.05) is 6.07 Å². The maximum atomic E-state index is 13.0. The Morgan fingerprint density at radius 3 is 2.62 bits per heavy atom. The van der Waals surface area contributed by atoms with E-state index in [1.165, 1.54) is 32.4 Å². The highest BCUT2D eigenvalue weighted by atomic mass is 19.4. The van der Waals surface area contributed by atoms with Gasteiger partial charge in [0.25, 0.3) is 0 Å². The monoisotopic (exact) mass is 451 g/mol. The minimum atomic E-state index is -4.66. The van der Waals surface area contributed by atoms with Crippen molar-refractivity contribution in [2.24, 2.45) is 5.92 Å². The Kier molecular flexibility index (Phi) is 6.74. The number of likely N-dealkylation sites (tertiary alicyclic amines) is 1. The van der Waals surface area contributed by atoms with Crippen LogP contribution in [0.1, 0.15) is 49.2 Å². The summed E-state index contributed by atoms with van der Waals surface area (Å²) in [5.74, 6) is -0.165. The Morgan fingerprint density at radius 1 is 1.25 bits per heavy atom. The number of hydrogen-bond donors (Lipinski definition) is 1. The molecule has 1 aliphatic carbocycles. The van der Waals surface area contributed by atoms with Crippen molar-refractivity contribution in [2.75, 3.05) is 25.0 Å². The molecule has 6 nitrogen and oxygen atoms in total. The highest BCUT2D eigenvalue weighted by Gasteiger charge is 2.38. The van der Waals surface area contributed by atoms with Gasteiger partial charge in [-0.2, -0.15) is 13.2 Å². The van der Waals surface area contributed by atoms with E-state index in [2.05, 4.69) is 19.6 Å². The first-order chi connectivity index (χ1) is 15.3. The molecule has 0 atom stereocenters. The van der Waals surface area contributed by atoms with Crippen LogP contribution in [0.5, 0.6) is 5.88 Å². The second-order valence-corrected chi connectivity index (χ2v) is 8.71. The molecule has 1 saturated heterocycles. The van der Waals surface area contributed by atoms with Crippen molar-refractivity contribution in [1.82, 2.24) is 9.88 Å². The normalized spacial score (nSPS) is 18.0. The Bertz CT molecular complexity index is 915. The van der Waals surface area contributed by atoms with Gasteiger partial charge in [-0.15, -0.1) is 0 Å². The number of halogens is 3. The lowest BCUT2D eigenvalue weighted by Crippen LogP contribution is -2.39. The maximum Gasteiger partial charge on any atom is 0.451 e. The zero-order valence-electron chi connectivity index (χ0n) is 18.1.